The normalized spacial score (nSPS) is 18.3. The zero-order valence-electron chi connectivity index (χ0n) is 15.3. The van der Waals surface area contributed by atoms with Crippen molar-refractivity contribution in [3.8, 4) is 0 Å². The highest BCUT2D eigenvalue weighted by molar-refractivity contribution is 5.89. The largest absolute Gasteiger partial charge is 0.361 e. The van der Waals surface area contributed by atoms with Crippen LogP contribution in [0.25, 0.3) is 0 Å². The highest BCUT2D eigenvalue weighted by atomic mass is 16.5. The predicted molar refractivity (Wildman–Crippen MR) is 96.6 cm³/mol. The second kappa shape index (κ2) is 7.59. The molecule has 0 radical (unpaired) electrons. The number of amides is 3. The van der Waals surface area contributed by atoms with Crippen LogP contribution in [-0.4, -0.2) is 41.1 Å². The maximum Gasteiger partial charge on any atom is 0.318 e. The fourth-order valence-electron chi connectivity index (χ4n) is 3.30. The van der Waals surface area contributed by atoms with E-state index in [0.29, 0.717) is 19.5 Å². The lowest BCUT2D eigenvalue weighted by atomic mass is 10.0. The van der Waals surface area contributed by atoms with Crippen molar-refractivity contribution in [3.63, 3.8) is 0 Å². The number of carbonyl (C=O) groups is 2. The van der Waals surface area contributed by atoms with Gasteiger partial charge in [0, 0.05) is 24.7 Å². The van der Waals surface area contributed by atoms with E-state index in [1.807, 2.05) is 51.1 Å². The summed E-state index contributed by atoms with van der Waals surface area (Å²) in [5.74, 6) is 0.610. The number of carbonyl (C=O) groups excluding carboxylic acids is 2. The Bertz CT molecular complexity index is 768. The number of aromatic nitrogens is 1. The van der Waals surface area contributed by atoms with E-state index in [4.69, 9.17) is 4.52 Å². The van der Waals surface area contributed by atoms with E-state index < -0.39 is 6.04 Å². The van der Waals surface area contributed by atoms with Gasteiger partial charge in [-0.15, -0.1) is 0 Å². The van der Waals surface area contributed by atoms with Gasteiger partial charge in [0.15, 0.2) is 0 Å². The van der Waals surface area contributed by atoms with Gasteiger partial charge in [-0.05, 0) is 32.8 Å². The zero-order valence-corrected chi connectivity index (χ0v) is 15.3. The van der Waals surface area contributed by atoms with Gasteiger partial charge in [-0.1, -0.05) is 35.5 Å². The van der Waals surface area contributed by atoms with E-state index >= 15 is 0 Å². The molecule has 2 aromatic rings. The average molecular weight is 356 g/mol. The van der Waals surface area contributed by atoms with Crippen LogP contribution < -0.4 is 10.6 Å². The van der Waals surface area contributed by atoms with Gasteiger partial charge in [-0.3, -0.25) is 4.79 Å². The number of urea groups is 1. The summed E-state index contributed by atoms with van der Waals surface area (Å²) in [6.45, 7) is 6.61. The number of nitrogens with zero attached hydrogens (tertiary/aromatic N) is 2. The van der Waals surface area contributed by atoms with Crippen molar-refractivity contribution < 1.29 is 14.1 Å². The van der Waals surface area contributed by atoms with Crippen LogP contribution in [-0.2, 0) is 11.2 Å². The summed E-state index contributed by atoms with van der Waals surface area (Å²) < 4.78 is 5.18. The lowest BCUT2D eigenvalue weighted by molar-refractivity contribution is -0.127. The number of piperazine rings is 1. The second-order valence-corrected chi connectivity index (χ2v) is 6.66. The van der Waals surface area contributed by atoms with Crippen LogP contribution in [0.5, 0.6) is 0 Å². The van der Waals surface area contributed by atoms with Crippen molar-refractivity contribution in [1.82, 2.24) is 20.7 Å². The topological polar surface area (TPSA) is 87.5 Å². The van der Waals surface area contributed by atoms with Gasteiger partial charge in [0.2, 0.25) is 5.91 Å². The molecule has 1 aliphatic heterocycles. The summed E-state index contributed by atoms with van der Waals surface area (Å²) in [7, 11) is 0. The first-order valence-electron chi connectivity index (χ1n) is 8.79. The fourth-order valence-corrected chi connectivity index (χ4v) is 3.30. The Morgan fingerprint density at radius 3 is 2.77 bits per heavy atom. The number of aryl methyl sites for hydroxylation is 2. The molecule has 2 unspecified atom stereocenters. The molecule has 2 N–H and O–H groups in total. The Morgan fingerprint density at radius 1 is 1.38 bits per heavy atom. The van der Waals surface area contributed by atoms with Crippen LogP contribution in [0, 0.1) is 13.8 Å². The van der Waals surface area contributed by atoms with Gasteiger partial charge in [-0.2, -0.15) is 0 Å². The predicted octanol–water partition coefficient (Wildman–Crippen LogP) is 2.11. The smallest absolute Gasteiger partial charge is 0.318 e. The van der Waals surface area contributed by atoms with Crippen LogP contribution in [0.2, 0.25) is 0 Å². The summed E-state index contributed by atoms with van der Waals surface area (Å²) in [6, 6.07) is 8.39. The van der Waals surface area contributed by atoms with E-state index in [2.05, 4.69) is 15.8 Å². The molecule has 1 fully saturated rings. The number of benzene rings is 1. The average Bonchev–Trinajstić information content (AvgIpc) is 2.94. The lowest BCUT2D eigenvalue weighted by Crippen LogP contribution is -2.56. The van der Waals surface area contributed by atoms with Gasteiger partial charge in [0.05, 0.1) is 5.69 Å². The van der Waals surface area contributed by atoms with E-state index in [-0.39, 0.29) is 18.0 Å². The van der Waals surface area contributed by atoms with Crippen molar-refractivity contribution in [2.75, 3.05) is 13.1 Å². The lowest BCUT2D eigenvalue weighted by Gasteiger charge is -2.36. The third-order valence-corrected chi connectivity index (χ3v) is 4.65. The quantitative estimate of drug-likeness (QED) is 0.878. The van der Waals surface area contributed by atoms with Crippen molar-refractivity contribution in [2.24, 2.45) is 0 Å². The zero-order chi connectivity index (χ0) is 18.7. The van der Waals surface area contributed by atoms with Crippen molar-refractivity contribution in [1.29, 1.82) is 0 Å². The number of hydrogen-bond donors (Lipinski definition) is 2. The standard InChI is InChI=1S/C19H24N4O3/c1-12(11-16-13(2)22-26-14(16)3)21-19(25)23-10-9-20-18(24)17(23)15-7-5-4-6-8-15/h4-8,12,17H,9-11H2,1-3H3,(H,20,24)(H,21,25). The Hall–Kier alpha value is -2.83. The molecule has 1 aromatic carbocycles. The monoisotopic (exact) mass is 356 g/mol. The first-order chi connectivity index (χ1) is 12.5. The van der Waals surface area contributed by atoms with Crippen LogP contribution in [0.1, 0.15) is 35.5 Å². The fraction of sp³-hybridized carbons (Fsp3) is 0.421. The number of nitrogens with one attached hydrogen (secondary N) is 2. The highest BCUT2D eigenvalue weighted by Crippen LogP contribution is 2.23. The molecule has 2 heterocycles. The SMILES string of the molecule is Cc1noc(C)c1CC(C)NC(=O)N1CCNC(=O)C1c1ccccc1. The molecule has 1 aromatic heterocycles. The molecular formula is C19H24N4O3. The Balaban J connectivity index is 1.71. The summed E-state index contributed by atoms with van der Waals surface area (Å²) in [5, 5.41) is 9.79. The maximum atomic E-state index is 12.8. The molecule has 7 nitrogen and oxygen atoms in total. The van der Waals surface area contributed by atoms with Crippen molar-refractivity contribution in [2.45, 2.75) is 39.3 Å². The Kier molecular flexibility index (Phi) is 5.25. The molecule has 138 valence electrons. The van der Waals surface area contributed by atoms with Gasteiger partial charge in [0.25, 0.3) is 0 Å². The molecule has 3 rings (SSSR count). The van der Waals surface area contributed by atoms with E-state index in [0.717, 1.165) is 22.6 Å². The summed E-state index contributed by atoms with van der Waals surface area (Å²) >= 11 is 0. The summed E-state index contributed by atoms with van der Waals surface area (Å²) in [5.41, 5.74) is 2.65. The summed E-state index contributed by atoms with van der Waals surface area (Å²) in [6.07, 6.45) is 0.628. The van der Waals surface area contributed by atoms with Gasteiger partial charge in [0.1, 0.15) is 11.8 Å². The third kappa shape index (κ3) is 3.71. The molecule has 0 saturated carbocycles. The van der Waals surface area contributed by atoms with Gasteiger partial charge < -0.3 is 20.1 Å². The van der Waals surface area contributed by atoms with E-state index in [9.17, 15) is 9.59 Å². The van der Waals surface area contributed by atoms with Crippen molar-refractivity contribution >= 4 is 11.9 Å². The van der Waals surface area contributed by atoms with Gasteiger partial charge in [-0.25, -0.2) is 4.79 Å². The molecule has 2 atom stereocenters. The van der Waals surface area contributed by atoms with Crippen LogP contribution in [0.4, 0.5) is 4.79 Å². The molecule has 0 bridgehead atoms. The molecule has 1 saturated heterocycles. The van der Waals surface area contributed by atoms with Crippen LogP contribution in [0.15, 0.2) is 34.9 Å². The summed E-state index contributed by atoms with van der Waals surface area (Å²) in [4.78, 5) is 26.8. The molecule has 0 spiro atoms. The Labute approximate surface area is 152 Å². The first kappa shape index (κ1) is 18.0. The van der Waals surface area contributed by atoms with E-state index in [1.54, 1.807) is 4.90 Å². The number of hydrogen-bond acceptors (Lipinski definition) is 4. The molecular weight excluding hydrogens is 332 g/mol. The van der Waals surface area contributed by atoms with Crippen LogP contribution in [0.3, 0.4) is 0 Å². The van der Waals surface area contributed by atoms with Crippen LogP contribution >= 0.6 is 0 Å². The number of rotatable bonds is 4. The highest BCUT2D eigenvalue weighted by Gasteiger charge is 2.34. The third-order valence-electron chi connectivity index (χ3n) is 4.65. The van der Waals surface area contributed by atoms with Gasteiger partial charge >= 0.3 is 6.03 Å². The minimum Gasteiger partial charge on any atom is -0.361 e. The molecule has 0 aliphatic carbocycles. The molecule has 3 amide bonds. The first-order valence-corrected chi connectivity index (χ1v) is 8.79. The molecule has 1 aliphatic rings. The van der Waals surface area contributed by atoms with E-state index in [1.165, 1.54) is 0 Å². The Morgan fingerprint density at radius 2 is 2.12 bits per heavy atom. The minimum absolute atomic E-state index is 0.110. The minimum atomic E-state index is -0.615. The maximum absolute atomic E-state index is 12.8. The molecule has 7 heteroatoms. The van der Waals surface area contributed by atoms with Crippen molar-refractivity contribution in [3.05, 3.63) is 52.9 Å². The second-order valence-electron chi connectivity index (χ2n) is 6.66. The molecule has 26 heavy (non-hydrogen) atoms.